The van der Waals surface area contributed by atoms with Gasteiger partial charge in [-0.05, 0) is 6.42 Å². The van der Waals surface area contributed by atoms with E-state index in [-0.39, 0.29) is 5.91 Å². The third-order valence-electron chi connectivity index (χ3n) is 1.47. The molecule has 0 aromatic carbocycles. The number of hydrazine groups is 1. The maximum absolute atomic E-state index is 11.1. The maximum Gasteiger partial charge on any atom is 0.222 e. The minimum Gasteiger partial charge on any atom is -0.345 e. The molecule has 2 N–H and O–H groups in total. The lowest BCUT2D eigenvalue weighted by Crippen LogP contribution is -2.27. The van der Waals surface area contributed by atoms with Crippen LogP contribution in [-0.2, 0) is 9.59 Å². The first-order valence-corrected chi connectivity index (χ1v) is 5.05. The number of hydrogen-bond acceptors (Lipinski definition) is 4. The van der Waals surface area contributed by atoms with Crippen molar-refractivity contribution in [3.8, 4) is 0 Å². The molecular weight excluding hydrogens is 194 g/mol. The SMILES string of the molecule is CCCC(=O)N(C)CCC=O.CN(C)N. The summed E-state index contributed by atoms with van der Waals surface area (Å²) in [5.74, 6) is 5.06. The smallest absolute Gasteiger partial charge is 0.222 e. The van der Waals surface area contributed by atoms with Gasteiger partial charge in [-0.2, -0.15) is 0 Å². The molecular formula is C10H23N3O2. The summed E-state index contributed by atoms with van der Waals surface area (Å²) in [6, 6.07) is 0. The van der Waals surface area contributed by atoms with Crippen LogP contribution in [0.4, 0.5) is 0 Å². The highest BCUT2D eigenvalue weighted by molar-refractivity contribution is 5.76. The van der Waals surface area contributed by atoms with E-state index in [0.717, 1.165) is 12.7 Å². The van der Waals surface area contributed by atoms with Crippen molar-refractivity contribution in [3.05, 3.63) is 0 Å². The van der Waals surface area contributed by atoms with Crippen LogP contribution >= 0.6 is 0 Å². The molecule has 0 bridgehead atoms. The van der Waals surface area contributed by atoms with E-state index in [1.165, 1.54) is 5.01 Å². The maximum atomic E-state index is 11.1. The highest BCUT2D eigenvalue weighted by Gasteiger charge is 2.04. The zero-order valence-electron chi connectivity index (χ0n) is 10.2. The molecule has 0 fully saturated rings. The molecule has 5 nitrogen and oxygen atoms in total. The summed E-state index contributed by atoms with van der Waals surface area (Å²) in [6.07, 6.45) is 2.71. The first kappa shape index (κ1) is 16.5. The standard InChI is InChI=1S/C8H15NO2.C2H8N2/c1-3-5-8(11)9(2)6-4-7-10;1-4(2)3/h7H,3-6H2,1-2H3;3H2,1-2H3. The molecule has 5 heteroatoms. The molecule has 0 rings (SSSR count). The van der Waals surface area contributed by atoms with E-state index < -0.39 is 0 Å². The van der Waals surface area contributed by atoms with Gasteiger partial charge in [-0.15, -0.1) is 0 Å². The van der Waals surface area contributed by atoms with E-state index in [1.54, 1.807) is 26.0 Å². The van der Waals surface area contributed by atoms with Crippen LogP contribution in [0, 0.1) is 0 Å². The van der Waals surface area contributed by atoms with Crippen molar-refractivity contribution in [1.29, 1.82) is 0 Å². The molecule has 0 unspecified atom stereocenters. The van der Waals surface area contributed by atoms with Crippen molar-refractivity contribution < 1.29 is 9.59 Å². The summed E-state index contributed by atoms with van der Waals surface area (Å²) < 4.78 is 0. The van der Waals surface area contributed by atoms with E-state index in [4.69, 9.17) is 5.84 Å². The summed E-state index contributed by atoms with van der Waals surface area (Å²) in [5, 5.41) is 1.50. The molecule has 0 aliphatic heterocycles. The largest absolute Gasteiger partial charge is 0.345 e. The van der Waals surface area contributed by atoms with Gasteiger partial charge in [-0.3, -0.25) is 15.6 Å². The molecule has 90 valence electrons. The number of nitrogens with zero attached hydrogens (tertiary/aromatic N) is 2. The molecule has 0 atom stereocenters. The quantitative estimate of drug-likeness (QED) is 0.407. The van der Waals surface area contributed by atoms with Gasteiger partial charge in [0.25, 0.3) is 0 Å². The number of carbonyl (C=O) groups is 2. The number of nitrogens with two attached hydrogens (primary N) is 1. The Bertz CT molecular complexity index is 169. The number of hydrogen-bond donors (Lipinski definition) is 1. The number of carbonyl (C=O) groups excluding carboxylic acids is 2. The van der Waals surface area contributed by atoms with Crippen molar-refractivity contribution in [1.82, 2.24) is 9.91 Å². The molecule has 0 spiro atoms. The predicted octanol–water partition coefficient (Wildman–Crippen LogP) is 0.256. The number of amides is 1. The molecule has 0 heterocycles. The second kappa shape index (κ2) is 11.1. The van der Waals surface area contributed by atoms with Crippen molar-refractivity contribution in [3.63, 3.8) is 0 Å². The molecule has 0 aliphatic rings. The van der Waals surface area contributed by atoms with Gasteiger partial charge >= 0.3 is 0 Å². The Balaban J connectivity index is 0. The normalized spacial score (nSPS) is 9.20. The highest BCUT2D eigenvalue weighted by atomic mass is 16.2. The Morgan fingerprint density at radius 2 is 1.80 bits per heavy atom. The molecule has 15 heavy (non-hydrogen) atoms. The summed E-state index contributed by atoms with van der Waals surface area (Å²) in [4.78, 5) is 22.6. The minimum atomic E-state index is 0.120. The average Bonchev–Trinajstić information content (AvgIpc) is 2.13. The summed E-state index contributed by atoms with van der Waals surface area (Å²) in [6.45, 7) is 2.51. The second-order valence-corrected chi connectivity index (χ2v) is 3.48. The van der Waals surface area contributed by atoms with Crippen LogP contribution in [0.15, 0.2) is 0 Å². The second-order valence-electron chi connectivity index (χ2n) is 3.48. The first-order valence-electron chi connectivity index (χ1n) is 5.05. The summed E-state index contributed by atoms with van der Waals surface area (Å²) in [7, 11) is 5.28. The predicted molar refractivity (Wildman–Crippen MR) is 61.1 cm³/mol. The molecule has 0 saturated carbocycles. The van der Waals surface area contributed by atoms with Crippen LogP contribution in [-0.4, -0.2) is 49.8 Å². The van der Waals surface area contributed by atoms with E-state index in [2.05, 4.69) is 0 Å². The van der Waals surface area contributed by atoms with Gasteiger partial charge in [0, 0.05) is 40.5 Å². The van der Waals surface area contributed by atoms with Gasteiger partial charge < -0.3 is 9.69 Å². The third-order valence-corrected chi connectivity index (χ3v) is 1.47. The lowest BCUT2D eigenvalue weighted by molar-refractivity contribution is -0.130. The van der Waals surface area contributed by atoms with Crippen molar-refractivity contribution >= 4 is 12.2 Å². The van der Waals surface area contributed by atoms with Gasteiger partial charge in [-0.1, -0.05) is 6.92 Å². The average molecular weight is 217 g/mol. The van der Waals surface area contributed by atoms with Gasteiger partial charge in [-0.25, -0.2) is 0 Å². The van der Waals surface area contributed by atoms with Gasteiger partial charge in [0.15, 0.2) is 0 Å². The molecule has 0 radical (unpaired) electrons. The van der Waals surface area contributed by atoms with Crippen LogP contribution < -0.4 is 5.84 Å². The highest BCUT2D eigenvalue weighted by Crippen LogP contribution is 1.94. The molecule has 0 saturated heterocycles. The van der Waals surface area contributed by atoms with Crippen LogP contribution in [0.1, 0.15) is 26.2 Å². The third kappa shape index (κ3) is 15.8. The Hall–Kier alpha value is -0.940. The molecule has 0 aromatic rings. The van der Waals surface area contributed by atoms with Crippen molar-refractivity contribution in [2.45, 2.75) is 26.2 Å². The first-order chi connectivity index (χ1) is 6.95. The van der Waals surface area contributed by atoms with Gasteiger partial charge in [0.1, 0.15) is 6.29 Å². The number of aldehydes is 1. The fourth-order valence-corrected chi connectivity index (χ4v) is 0.776. The van der Waals surface area contributed by atoms with Crippen LogP contribution in [0.2, 0.25) is 0 Å². The fraction of sp³-hybridized carbons (Fsp3) is 0.800. The Morgan fingerprint density at radius 1 is 1.33 bits per heavy atom. The Kier molecular flexibility index (Phi) is 12.2. The van der Waals surface area contributed by atoms with E-state index in [1.807, 2.05) is 6.92 Å². The summed E-state index contributed by atoms with van der Waals surface area (Å²) >= 11 is 0. The van der Waals surface area contributed by atoms with Crippen LogP contribution in [0.5, 0.6) is 0 Å². The molecule has 0 aliphatic carbocycles. The lowest BCUT2D eigenvalue weighted by atomic mass is 10.3. The fourth-order valence-electron chi connectivity index (χ4n) is 0.776. The van der Waals surface area contributed by atoms with Gasteiger partial charge in [0.05, 0.1) is 0 Å². The lowest BCUT2D eigenvalue weighted by Gasteiger charge is -2.14. The molecule has 0 aromatic heterocycles. The van der Waals surface area contributed by atoms with Crippen molar-refractivity contribution in [2.24, 2.45) is 5.84 Å². The van der Waals surface area contributed by atoms with E-state index in [0.29, 0.717) is 19.4 Å². The Morgan fingerprint density at radius 3 is 2.13 bits per heavy atom. The van der Waals surface area contributed by atoms with Crippen molar-refractivity contribution in [2.75, 3.05) is 27.7 Å². The number of rotatable bonds is 5. The van der Waals surface area contributed by atoms with E-state index in [9.17, 15) is 9.59 Å². The monoisotopic (exact) mass is 217 g/mol. The van der Waals surface area contributed by atoms with E-state index >= 15 is 0 Å². The zero-order chi connectivity index (χ0) is 12.3. The topological polar surface area (TPSA) is 66.6 Å². The molecule has 1 amide bonds. The minimum absolute atomic E-state index is 0.120. The summed E-state index contributed by atoms with van der Waals surface area (Å²) in [5.41, 5.74) is 0. The van der Waals surface area contributed by atoms with Gasteiger partial charge in [0.2, 0.25) is 5.91 Å². The van der Waals surface area contributed by atoms with Crippen LogP contribution in [0.3, 0.4) is 0 Å². The van der Waals surface area contributed by atoms with Crippen LogP contribution in [0.25, 0.3) is 0 Å². The Labute approximate surface area is 92.2 Å². The zero-order valence-corrected chi connectivity index (χ0v) is 10.2.